The summed E-state index contributed by atoms with van der Waals surface area (Å²) >= 11 is 0. The first-order valence-electron chi connectivity index (χ1n) is 5.77. The first-order valence-corrected chi connectivity index (χ1v) is 7.25. The molecular weight excluding hydrogens is 252 g/mol. The first-order chi connectivity index (χ1) is 8.69. The van der Waals surface area contributed by atoms with Crippen molar-refractivity contribution in [2.24, 2.45) is 0 Å². The van der Waals surface area contributed by atoms with E-state index in [1.54, 1.807) is 18.3 Å². The van der Waals surface area contributed by atoms with Crippen LogP contribution in [0.25, 0.3) is 0 Å². The summed E-state index contributed by atoms with van der Waals surface area (Å²) in [5.41, 5.74) is 1.11. The Morgan fingerprint density at radius 1 is 1.56 bits per heavy atom. The number of hydrogen-bond donors (Lipinski definition) is 1. The van der Waals surface area contributed by atoms with Crippen LogP contribution in [0.3, 0.4) is 0 Å². The fraction of sp³-hybridized carbons (Fsp3) is 0.500. The maximum Gasteiger partial charge on any atom is 0.339 e. The van der Waals surface area contributed by atoms with Gasteiger partial charge in [-0.15, -0.1) is 0 Å². The molecule has 1 rings (SSSR count). The zero-order valence-corrected chi connectivity index (χ0v) is 11.5. The number of carbonyl (C=O) groups is 1. The number of esters is 1. The number of nitrogens with zero attached hydrogens (tertiary/aromatic N) is 1. The van der Waals surface area contributed by atoms with Crippen LogP contribution in [0.1, 0.15) is 23.0 Å². The van der Waals surface area contributed by atoms with E-state index in [1.807, 2.05) is 6.92 Å². The van der Waals surface area contributed by atoms with Crippen LogP contribution in [-0.4, -0.2) is 40.3 Å². The van der Waals surface area contributed by atoms with Gasteiger partial charge in [0.15, 0.2) is 0 Å². The number of hydrogen-bond acceptors (Lipinski definition) is 5. The minimum atomic E-state index is -0.775. The molecule has 6 heteroatoms. The normalized spacial score (nSPS) is 12.1. The number of pyridine rings is 1. The summed E-state index contributed by atoms with van der Waals surface area (Å²) in [4.78, 5) is 15.6. The minimum Gasteiger partial charge on any atom is -0.465 e. The Balaban J connectivity index is 2.51. The quantitative estimate of drug-likeness (QED) is 0.584. The van der Waals surface area contributed by atoms with E-state index in [4.69, 9.17) is 0 Å². The zero-order chi connectivity index (χ0) is 13.4. The second-order valence-electron chi connectivity index (χ2n) is 3.60. The maximum atomic E-state index is 11.5. The Bertz CT molecular complexity index is 424. The van der Waals surface area contributed by atoms with Gasteiger partial charge in [-0.05, 0) is 12.1 Å². The van der Waals surface area contributed by atoms with E-state index in [1.165, 1.54) is 7.11 Å². The van der Waals surface area contributed by atoms with Gasteiger partial charge < -0.3 is 10.1 Å². The van der Waals surface area contributed by atoms with Crippen molar-refractivity contribution in [2.45, 2.75) is 13.5 Å². The van der Waals surface area contributed by atoms with Crippen LogP contribution in [-0.2, 0) is 22.1 Å². The largest absolute Gasteiger partial charge is 0.465 e. The smallest absolute Gasteiger partial charge is 0.339 e. The van der Waals surface area contributed by atoms with E-state index in [0.29, 0.717) is 35.9 Å². The van der Waals surface area contributed by atoms with E-state index in [2.05, 4.69) is 15.0 Å². The lowest BCUT2D eigenvalue weighted by Gasteiger charge is -2.07. The molecule has 1 aromatic heterocycles. The first kappa shape index (κ1) is 14.8. The average Bonchev–Trinajstić information content (AvgIpc) is 2.42. The molecule has 1 atom stereocenters. The van der Waals surface area contributed by atoms with E-state index >= 15 is 0 Å². The van der Waals surface area contributed by atoms with Crippen LogP contribution in [0.4, 0.5) is 0 Å². The lowest BCUT2D eigenvalue weighted by Crippen LogP contribution is -2.22. The number of carbonyl (C=O) groups excluding carboxylic acids is 1. The third kappa shape index (κ3) is 4.54. The van der Waals surface area contributed by atoms with Crippen molar-refractivity contribution in [2.75, 3.05) is 25.2 Å². The van der Waals surface area contributed by atoms with Crippen molar-refractivity contribution in [3.63, 3.8) is 0 Å². The summed E-state index contributed by atoms with van der Waals surface area (Å²) in [5.74, 6) is 0.882. The second kappa shape index (κ2) is 7.94. The topological polar surface area (TPSA) is 68.3 Å². The number of nitrogens with one attached hydrogen (secondary N) is 1. The molecule has 0 aliphatic rings. The van der Waals surface area contributed by atoms with Crippen molar-refractivity contribution in [3.05, 3.63) is 29.6 Å². The number of methoxy groups -OCH3 is 1. The molecule has 0 aliphatic carbocycles. The van der Waals surface area contributed by atoms with Gasteiger partial charge >= 0.3 is 5.97 Å². The highest BCUT2D eigenvalue weighted by atomic mass is 32.2. The molecule has 100 valence electrons. The summed E-state index contributed by atoms with van der Waals surface area (Å²) < 4.78 is 15.9. The molecule has 0 fully saturated rings. The van der Waals surface area contributed by atoms with Crippen molar-refractivity contribution in [3.8, 4) is 0 Å². The number of rotatable bonds is 7. The molecular formula is C12H18N2O3S. The summed E-state index contributed by atoms with van der Waals surface area (Å²) in [7, 11) is 0.569. The van der Waals surface area contributed by atoms with Crippen LogP contribution in [0.15, 0.2) is 18.3 Å². The molecule has 0 amide bonds. The third-order valence-corrected chi connectivity index (χ3v) is 3.72. The van der Waals surface area contributed by atoms with Crippen LogP contribution in [0, 0.1) is 0 Å². The van der Waals surface area contributed by atoms with Gasteiger partial charge in [0.2, 0.25) is 0 Å². The minimum absolute atomic E-state index is 0.392. The Morgan fingerprint density at radius 2 is 2.33 bits per heavy atom. The van der Waals surface area contributed by atoms with Crippen molar-refractivity contribution >= 4 is 16.8 Å². The summed E-state index contributed by atoms with van der Waals surface area (Å²) in [6, 6.07) is 3.38. The van der Waals surface area contributed by atoms with E-state index in [-0.39, 0.29) is 0 Å². The summed E-state index contributed by atoms with van der Waals surface area (Å²) in [6.45, 7) is 2.99. The maximum absolute atomic E-state index is 11.5. The summed E-state index contributed by atoms with van der Waals surface area (Å²) in [5, 5.41) is 3.12. The van der Waals surface area contributed by atoms with Gasteiger partial charge in [0, 0.05) is 41.6 Å². The lowest BCUT2D eigenvalue weighted by atomic mass is 10.2. The standard InChI is InChI=1S/C12H18N2O3S/c1-3-18(16)8-7-13-9-11-10(12(15)17-2)5-4-6-14-11/h4-6,13H,3,7-9H2,1-2H3. The molecule has 0 aliphatic heterocycles. The van der Waals surface area contributed by atoms with Crippen molar-refractivity contribution in [1.29, 1.82) is 0 Å². The fourth-order valence-electron chi connectivity index (χ4n) is 1.41. The predicted octanol–water partition coefficient (Wildman–Crippen LogP) is 0.726. The van der Waals surface area contributed by atoms with Gasteiger partial charge in [-0.1, -0.05) is 6.92 Å². The van der Waals surface area contributed by atoms with E-state index in [0.717, 1.165) is 0 Å². The molecule has 1 aromatic rings. The van der Waals surface area contributed by atoms with Gasteiger partial charge in [-0.2, -0.15) is 0 Å². The Morgan fingerprint density at radius 3 is 3.00 bits per heavy atom. The molecule has 0 radical (unpaired) electrons. The SMILES string of the molecule is CCS(=O)CCNCc1ncccc1C(=O)OC. The van der Waals surface area contributed by atoms with Crippen LogP contribution in [0.2, 0.25) is 0 Å². The fourth-order valence-corrected chi connectivity index (χ4v) is 2.07. The molecule has 18 heavy (non-hydrogen) atoms. The highest BCUT2D eigenvalue weighted by molar-refractivity contribution is 7.84. The third-order valence-electron chi connectivity index (χ3n) is 2.42. The van der Waals surface area contributed by atoms with Gasteiger partial charge in [0.05, 0.1) is 18.4 Å². The molecule has 0 saturated carbocycles. The Kier molecular flexibility index (Phi) is 6.53. The van der Waals surface area contributed by atoms with E-state index < -0.39 is 16.8 Å². The molecule has 0 spiro atoms. The molecule has 5 nitrogen and oxygen atoms in total. The van der Waals surface area contributed by atoms with Crippen LogP contribution < -0.4 is 5.32 Å². The summed E-state index contributed by atoms with van der Waals surface area (Å²) in [6.07, 6.45) is 1.63. The lowest BCUT2D eigenvalue weighted by molar-refractivity contribution is 0.0598. The van der Waals surface area contributed by atoms with Gasteiger partial charge in [0.25, 0.3) is 0 Å². The monoisotopic (exact) mass is 270 g/mol. The van der Waals surface area contributed by atoms with E-state index in [9.17, 15) is 9.00 Å². The Hall–Kier alpha value is -1.27. The number of aromatic nitrogens is 1. The molecule has 1 N–H and O–H groups in total. The van der Waals surface area contributed by atoms with Crippen molar-refractivity contribution in [1.82, 2.24) is 10.3 Å². The second-order valence-corrected chi connectivity index (χ2v) is 5.46. The molecule has 1 unspecified atom stereocenters. The number of ether oxygens (including phenoxy) is 1. The highest BCUT2D eigenvalue weighted by Gasteiger charge is 2.11. The van der Waals surface area contributed by atoms with Gasteiger partial charge in [0.1, 0.15) is 0 Å². The van der Waals surface area contributed by atoms with Crippen LogP contribution >= 0.6 is 0 Å². The molecule has 0 saturated heterocycles. The molecule has 1 heterocycles. The van der Waals surface area contributed by atoms with Crippen LogP contribution in [0.5, 0.6) is 0 Å². The predicted molar refractivity (Wildman–Crippen MR) is 70.8 cm³/mol. The average molecular weight is 270 g/mol. The molecule has 0 aromatic carbocycles. The Labute approximate surface area is 109 Å². The molecule has 0 bridgehead atoms. The van der Waals surface area contributed by atoms with Crippen molar-refractivity contribution < 1.29 is 13.7 Å². The van der Waals surface area contributed by atoms with Gasteiger partial charge in [-0.25, -0.2) is 4.79 Å². The zero-order valence-electron chi connectivity index (χ0n) is 10.6. The van der Waals surface area contributed by atoms with Gasteiger partial charge in [-0.3, -0.25) is 9.19 Å². The highest BCUT2D eigenvalue weighted by Crippen LogP contribution is 2.06.